The van der Waals surface area contributed by atoms with E-state index in [1.54, 1.807) is 0 Å². The van der Waals surface area contributed by atoms with E-state index >= 15 is 0 Å². The number of halogens is 4. The van der Waals surface area contributed by atoms with E-state index in [4.69, 9.17) is 5.11 Å². The molecule has 0 aliphatic carbocycles. The lowest BCUT2D eigenvalue weighted by Gasteiger charge is -2.15. The highest BCUT2D eigenvalue weighted by Crippen LogP contribution is 2.23. The molecule has 1 amide bonds. The number of carbonyl (C=O) groups excluding carboxylic acids is 1. The molecule has 0 aliphatic rings. The molecule has 1 aromatic rings. The van der Waals surface area contributed by atoms with Crippen LogP contribution in [0.4, 0.5) is 17.6 Å². The lowest BCUT2D eigenvalue weighted by molar-refractivity contribution is -0.148. The second kappa shape index (κ2) is 9.04. The average molecular weight is 352 g/mol. The highest BCUT2D eigenvalue weighted by Gasteiger charge is 2.41. The second-order valence-corrected chi connectivity index (χ2v) is 4.84. The van der Waals surface area contributed by atoms with Gasteiger partial charge in [0.1, 0.15) is 0 Å². The van der Waals surface area contributed by atoms with Crippen LogP contribution in [0.15, 0.2) is 18.3 Å². The molecule has 0 radical (unpaired) electrons. The zero-order chi connectivity index (χ0) is 18.2. The van der Waals surface area contributed by atoms with Gasteiger partial charge in [-0.15, -0.1) is 0 Å². The molecule has 134 valence electrons. The number of carboxylic acid groups (broad SMARTS) is 1. The summed E-state index contributed by atoms with van der Waals surface area (Å²) in [6.07, 6.45) is -1.88. The summed E-state index contributed by atoms with van der Waals surface area (Å²) < 4.78 is 53.8. The Bertz CT molecular complexity index is 552. The van der Waals surface area contributed by atoms with Crippen LogP contribution in [-0.2, 0) is 4.79 Å². The third-order valence-electron chi connectivity index (χ3n) is 2.83. The van der Waals surface area contributed by atoms with Crippen LogP contribution in [0.2, 0.25) is 0 Å². The molecule has 0 bridgehead atoms. The molecule has 24 heavy (non-hydrogen) atoms. The minimum atomic E-state index is -4.28. The molecule has 0 saturated carbocycles. The molecule has 1 aromatic heterocycles. The Labute approximate surface area is 134 Å². The van der Waals surface area contributed by atoms with Gasteiger partial charge >= 0.3 is 18.3 Å². The Morgan fingerprint density at radius 3 is 2.54 bits per heavy atom. The fourth-order valence-electron chi connectivity index (χ4n) is 1.54. The topological polar surface area (TPSA) is 88.5 Å². The molecule has 0 spiro atoms. The van der Waals surface area contributed by atoms with Crippen molar-refractivity contribution in [2.45, 2.75) is 31.6 Å². The van der Waals surface area contributed by atoms with E-state index in [1.165, 1.54) is 6.07 Å². The van der Waals surface area contributed by atoms with Gasteiger partial charge in [0, 0.05) is 25.2 Å². The van der Waals surface area contributed by atoms with Gasteiger partial charge in [-0.25, -0.2) is 13.8 Å². The van der Waals surface area contributed by atoms with Crippen LogP contribution in [-0.4, -0.2) is 47.5 Å². The number of rotatable bonds is 10. The minimum Gasteiger partial charge on any atom is -0.481 e. The van der Waals surface area contributed by atoms with Gasteiger partial charge in [-0.05, 0) is 18.9 Å². The van der Waals surface area contributed by atoms with Crippen LogP contribution >= 0.6 is 0 Å². The molecule has 0 unspecified atom stereocenters. The Morgan fingerprint density at radius 2 is 2.00 bits per heavy atom. The summed E-state index contributed by atoms with van der Waals surface area (Å²) in [4.78, 5) is 25.6. The van der Waals surface area contributed by atoms with Crippen LogP contribution < -0.4 is 10.1 Å². The van der Waals surface area contributed by atoms with Gasteiger partial charge in [0.05, 0.1) is 5.56 Å². The van der Waals surface area contributed by atoms with Crippen molar-refractivity contribution >= 4 is 11.9 Å². The maximum absolute atomic E-state index is 12.7. The first-order chi connectivity index (χ1) is 11.2. The van der Waals surface area contributed by atoms with Crippen molar-refractivity contribution in [3.8, 4) is 5.88 Å². The summed E-state index contributed by atoms with van der Waals surface area (Å²) >= 11 is 0. The number of amides is 1. The third-order valence-corrected chi connectivity index (χ3v) is 2.83. The highest BCUT2D eigenvalue weighted by molar-refractivity contribution is 5.93. The predicted octanol–water partition coefficient (Wildman–Crippen LogP) is 2.35. The number of ether oxygens (including phenoxy) is 1. The minimum absolute atomic E-state index is 0.00666. The quantitative estimate of drug-likeness (QED) is 0.498. The number of unbranched alkanes of at least 4 members (excludes halogenated alkanes) is 1. The maximum Gasteiger partial charge on any atom is 0.340 e. The van der Waals surface area contributed by atoms with Gasteiger partial charge < -0.3 is 15.2 Å². The first-order valence-corrected chi connectivity index (χ1v) is 6.97. The Kier molecular flexibility index (Phi) is 7.40. The third kappa shape index (κ3) is 6.80. The van der Waals surface area contributed by atoms with Crippen molar-refractivity contribution in [2.24, 2.45) is 0 Å². The fraction of sp³-hybridized carbons (Fsp3) is 0.500. The van der Waals surface area contributed by atoms with E-state index in [9.17, 15) is 27.2 Å². The Hall–Kier alpha value is -2.39. The molecule has 10 heteroatoms. The summed E-state index contributed by atoms with van der Waals surface area (Å²) in [5.74, 6) is -6.00. The molecule has 1 heterocycles. The number of hydrogen-bond acceptors (Lipinski definition) is 4. The molecule has 0 fully saturated rings. The van der Waals surface area contributed by atoms with E-state index < -0.39 is 30.8 Å². The molecule has 0 saturated heterocycles. The van der Waals surface area contributed by atoms with Crippen LogP contribution in [0, 0.1) is 0 Å². The molecule has 0 aliphatic heterocycles. The first-order valence-electron chi connectivity index (χ1n) is 6.97. The lowest BCUT2D eigenvalue weighted by atomic mass is 10.2. The van der Waals surface area contributed by atoms with Crippen LogP contribution in [0.1, 0.15) is 29.6 Å². The van der Waals surface area contributed by atoms with Gasteiger partial charge in [0.15, 0.2) is 6.61 Å². The number of pyridine rings is 1. The number of aromatic nitrogens is 1. The molecule has 6 nitrogen and oxygen atoms in total. The van der Waals surface area contributed by atoms with Gasteiger partial charge in [-0.1, -0.05) is 0 Å². The SMILES string of the molecule is O=C(O)CCCCNC(=O)c1ccc(OCC(F)(F)C(F)F)nc1. The molecule has 0 atom stereocenters. The molecular formula is C14H16F4N2O4. The van der Waals surface area contributed by atoms with Crippen LogP contribution in [0.5, 0.6) is 5.88 Å². The largest absolute Gasteiger partial charge is 0.481 e. The lowest BCUT2D eigenvalue weighted by Crippen LogP contribution is -2.33. The van der Waals surface area contributed by atoms with Crippen molar-refractivity contribution in [1.82, 2.24) is 10.3 Å². The number of carbonyl (C=O) groups is 2. The Morgan fingerprint density at radius 1 is 1.29 bits per heavy atom. The summed E-state index contributed by atoms with van der Waals surface area (Å²) in [5, 5.41) is 11.0. The van der Waals surface area contributed by atoms with Crippen LogP contribution in [0.3, 0.4) is 0 Å². The smallest absolute Gasteiger partial charge is 0.340 e. The van der Waals surface area contributed by atoms with Crippen molar-refractivity contribution in [1.29, 1.82) is 0 Å². The van der Waals surface area contributed by atoms with E-state index in [0.717, 1.165) is 12.3 Å². The second-order valence-electron chi connectivity index (χ2n) is 4.84. The van der Waals surface area contributed by atoms with Crippen molar-refractivity contribution in [3.05, 3.63) is 23.9 Å². The summed E-state index contributed by atoms with van der Waals surface area (Å²) in [6, 6.07) is 2.36. The van der Waals surface area contributed by atoms with Crippen molar-refractivity contribution in [3.63, 3.8) is 0 Å². The van der Waals surface area contributed by atoms with E-state index in [-0.39, 0.29) is 24.4 Å². The van der Waals surface area contributed by atoms with Gasteiger partial charge in [-0.3, -0.25) is 9.59 Å². The fourth-order valence-corrected chi connectivity index (χ4v) is 1.54. The summed E-state index contributed by atoms with van der Waals surface area (Å²) in [5.41, 5.74) is 0.126. The Balaban J connectivity index is 2.40. The maximum atomic E-state index is 12.7. The van der Waals surface area contributed by atoms with Gasteiger partial charge in [0.2, 0.25) is 5.88 Å². The summed E-state index contributed by atoms with van der Waals surface area (Å²) in [7, 11) is 0. The van der Waals surface area contributed by atoms with Gasteiger partial charge in [-0.2, -0.15) is 8.78 Å². The molecule has 2 N–H and O–H groups in total. The average Bonchev–Trinajstić information content (AvgIpc) is 2.52. The van der Waals surface area contributed by atoms with Crippen molar-refractivity contribution in [2.75, 3.05) is 13.2 Å². The van der Waals surface area contributed by atoms with E-state index in [0.29, 0.717) is 12.8 Å². The number of nitrogens with one attached hydrogen (secondary N) is 1. The normalized spacial score (nSPS) is 11.4. The highest BCUT2D eigenvalue weighted by atomic mass is 19.3. The van der Waals surface area contributed by atoms with E-state index in [2.05, 4.69) is 15.0 Å². The zero-order valence-electron chi connectivity index (χ0n) is 12.5. The number of hydrogen-bond donors (Lipinski definition) is 2. The predicted molar refractivity (Wildman–Crippen MR) is 74.5 cm³/mol. The standard InChI is InChI=1S/C14H16F4N2O4/c15-13(16)14(17,18)8-24-10-5-4-9(7-20-10)12(23)19-6-2-1-3-11(21)22/h4-5,7,13H,1-3,6,8H2,(H,19,23)(H,21,22). The number of alkyl halides is 4. The summed E-state index contributed by atoms with van der Waals surface area (Å²) in [6.45, 7) is -1.25. The van der Waals surface area contributed by atoms with Crippen LogP contribution in [0.25, 0.3) is 0 Å². The molecule has 1 rings (SSSR count). The van der Waals surface area contributed by atoms with Gasteiger partial charge in [0.25, 0.3) is 5.91 Å². The number of nitrogens with zero attached hydrogens (tertiary/aromatic N) is 1. The number of carboxylic acids is 1. The molecular weight excluding hydrogens is 336 g/mol. The number of aliphatic carboxylic acids is 1. The van der Waals surface area contributed by atoms with Crippen molar-refractivity contribution < 1.29 is 37.0 Å². The van der Waals surface area contributed by atoms with E-state index in [1.807, 2.05) is 0 Å². The monoisotopic (exact) mass is 352 g/mol. The molecule has 0 aromatic carbocycles. The first kappa shape index (κ1) is 19.7. The zero-order valence-corrected chi connectivity index (χ0v) is 12.5.